The minimum absolute atomic E-state index is 0. The predicted octanol–water partition coefficient (Wildman–Crippen LogP) is -1.14. The Morgan fingerprint density at radius 1 is 1.06 bits per heavy atom. The molecule has 0 aliphatic carbocycles. The quantitative estimate of drug-likeness (QED) is 0.408. The van der Waals surface area contributed by atoms with E-state index in [0.29, 0.717) is 33.0 Å². The molecule has 0 unspecified atom stereocenters. The number of carboxylic acids is 1. The van der Waals surface area contributed by atoms with Crippen LogP contribution < -0.4 is 5.73 Å². The highest BCUT2D eigenvalue weighted by atomic mass is 35.5. The summed E-state index contributed by atoms with van der Waals surface area (Å²) in [6.07, 6.45) is 0. The van der Waals surface area contributed by atoms with Gasteiger partial charge in [0.1, 0.15) is 6.04 Å². The minimum atomic E-state index is -1.08. The highest BCUT2D eigenvalue weighted by molar-refractivity contribution is 5.85. The zero-order valence-corrected chi connectivity index (χ0v) is 10.4. The molecule has 0 aliphatic rings. The molecule has 0 aromatic rings. The fraction of sp³-hybridized carbons (Fsp3) is 0.889. The molecule has 4 N–H and O–H groups in total. The van der Waals surface area contributed by atoms with Gasteiger partial charge in [0.25, 0.3) is 0 Å². The molecule has 17 heavy (non-hydrogen) atoms. The maximum Gasteiger partial charge on any atom is 0.322 e. The SMILES string of the molecule is Cl.N[C@@H](COCCOCCOCCO)C(=O)O. The molecule has 0 heterocycles. The van der Waals surface area contributed by atoms with Crippen molar-refractivity contribution >= 4 is 18.4 Å². The fourth-order valence-corrected chi connectivity index (χ4v) is 0.786. The van der Waals surface area contributed by atoms with Gasteiger partial charge in [-0.3, -0.25) is 4.79 Å². The summed E-state index contributed by atoms with van der Waals surface area (Å²) in [5.74, 6) is -1.08. The van der Waals surface area contributed by atoms with Gasteiger partial charge >= 0.3 is 5.97 Å². The number of ether oxygens (including phenoxy) is 3. The monoisotopic (exact) mass is 273 g/mol. The fourth-order valence-electron chi connectivity index (χ4n) is 0.786. The Hall–Kier alpha value is -0.440. The number of carboxylic acid groups (broad SMARTS) is 1. The summed E-state index contributed by atoms with van der Waals surface area (Å²) in [5.41, 5.74) is 5.20. The maximum atomic E-state index is 10.3. The molecule has 0 saturated heterocycles. The average molecular weight is 274 g/mol. The van der Waals surface area contributed by atoms with E-state index in [1.165, 1.54) is 0 Å². The van der Waals surface area contributed by atoms with E-state index >= 15 is 0 Å². The number of aliphatic hydroxyl groups excluding tert-OH is 1. The zero-order chi connectivity index (χ0) is 12.2. The second-order valence-electron chi connectivity index (χ2n) is 2.97. The largest absolute Gasteiger partial charge is 0.480 e. The molecule has 104 valence electrons. The van der Waals surface area contributed by atoms with Crippen molar-refractivity contribution in [2.24, 2.45) is 5.73 Å². The lowest BCUT2D eigenvalue weighted by Gasteiger charge is -2.08. The first kappa shape index (κ1) is 18.9. The third-order valence-electron chi connectivity index (χ3n) is 1.59. The number of halogens is 1. The second kappa shape index (κ2) is 13.6. The molecule has 0 rings (SSSR count). The Bertz CT molecular complexity index is 183. The summed E-state index contributed by atoms with van der Waals surface area (Å²) in [6, 6.07) is -0.993. The second-order valence-corrected chi connectivity index (χ2v) is 2.97. The van der Waals surface area contributed by atoms with E-state index in [1.54, 1.807) is 0 Å². The summed E-state index contributed by atoms with van der Waals surface area (Å²) in [4.78, 5) is 10.3. The van der Waals surface area contributed by atoms with Gasteiger partial charge in [0, 0.05) is 0 Å². The minimum Gasteiger partial charge on any atom is -0.480 e. The van der Waals surface area contributed by atoms with Crippen LogP contribution >= 0.6 is 12.4 Å². The van der Waals surface area contributed by atoms with Crippen LogP contribution in [-0.2, 0) is 19.0 Å². The summed E-state index contributed by atoms with van der Waals surface area (Å²) < 4.78 is 15.0. The third kappa shape index (κ3) is 13.5. The van der Waals surface area contributed by atoms with Gasteiger partial charge in [-0.05, 0) is 0 Å². The number of nitrogens with two attached hydrogens (primary N) is 1. The van der Waals surface area contributed by atoms with E-state index < -0.39 is 12.0 Å². The highest BCUT2D eigenvalue weighted by Gasteiger charge is 2.10. The molecule has 1 atom stereocenters. The van der Waals surface area contributed by atoms with Crippen LogP contribution in [0.1, 0.15) is 0 Å². The Labute approximate surface area is 106 Å². The van der Waals surface area contributed by atoms with Gasteiger partial charge in [0.05, 0.1) is 46.2 Å². The Morgan fingerprint density at radius 2 is 1.53 bits per heavy atom. The molecule has 0 aliphatic heterocycles. The van der Waals surface area contributed by atoms with Crippen LogP contribution in [0.25, 0.3) is 0 Å². The topological polar surface area (TPSA) is 111 Å². The number of rotatable bonds is 11. The van der Waals surface area contributed by atoms with Gasteiger partial charge < -0.3 is 30.2 Å². The van der Waals surface area contributed by atoms with Crippen molar-refractivity contribution < 1.29 is 29.2 Å². The Kier molecular flexibility index (Phi) is 15.2. The van der Waals surface area contributed by atoms with Gasteiger partial charge in [0.15, 0.2) is 0 Å². The summed E-state index contributed by atoms with van der Waals surface area (Å²) in [6.45, 7) is 1.74. The first-order valence-corrected chi connectivity index (χ1v) is 5.01. The van der Waals surface area contributed by atoms with E-state index in [2.05, 4.69) is 0 Å². The lowest BCUT2D eigenvalue weighted by molar-refractivity contribution is -0.140. The molecular formula is C9H20ClNO6. The molecule has 0 spiro atoms. The summed E-state index contributed by atoms with van der Waals surface area (Å²) >= 11 is 0. The van der Waals surface area contributed by atoms with E-state index in [1.807, 2.05) is 0 Å². The van der Waals surface area contributed by atoms with Gasteiger partial charge in [-0.25, -0.2) is 0 Å². The number of hydrogen-bond acceptors (Lipinski definition) is 6. The average Bonchev–Trinajstić information content (AvgIpc) is 2.26. The molecule has 0 saturated carbocycles. The van der Waals surface area contributed by atoms with Crippen LogP contribution in [0.15, 0.2) is 0 Å². The lowest BCUT2D eigenvalue weighted by atomic mass is 10.3. The van der Waals surface area contributed by atoms with E-state index in [-0.39, 0.29) is 25.6 Å². The van der Waals surface area contributed by atoms with E-state index in [9.17, 15) is 4.79 Å². The molecule has 0 fully saturated rings. The van der Waals surface area contributed by atoms with Crippen molar-refractivity contribution in [2.75, 3.05) is 46.2 Å². The molecule has 0 aromatic heterocycles. The summed E-state index contributed by atoms with van der Waals surface area (Å²) in [5, 5.41) is 16.8. The van der Waals surface area contributed by atoms with Crippen molar-refractivity contribution in [3.8, 4) is 0 Å². The van der Waals surface area contributed by atoms with Gasteiger partial charge in [0.2, 0.25) is 0 Å². The molecule has 0 aromatic carbocycles. The van der Waals surface area contributed by atoms with Crippen molar-refractivity contribution in [2.45, 2.75) is 6.04 Å². The molecule has 7 nitrogen and oxygen atoms in total. The van der Waals surface area contributed by atoms with Crippen LogP contribution in [0.5, 0.6) is 0 Å². The number of carbonyl (C=O) groups is 1. The zero-order valence-electron chi connectivity index (χ0n) is 9.54. The predicted molar refractivity (Wildman–Crippen MR) is 62.4 cm³/mol. The lowest BCUT2D eigenvalue weighted by Crippen LogP contribution is -2.35. The van der Waals surface area contributed by atoms with E-state index in [0.717, 1.165) is 0 Å². The standard InChI is InChI=1S/C9H19NO6.ClH/c10-8(9(12)13)7-16-6-5-15-4-3-14-2-1-11;/h8,11H,1-7,10H2,(H,12,13);1H/t8-;/m0./s1. The molecule has 8 heteroatoms. The highest BCUT2D eigenvalue weighted by Crippen LogP contribution is 1.84. The van der Waals surface area contributed by atoms with Crippen LogP contribution in [0.2, 0.25) is 0 Å². The number of hydrogen-bond donors (Lipinski definition) is 3. The van der Waals surface area contributed by atoms with Crippen LogP contribution in [0, 0.1) is 0 Å². The Morgan fingerprint density at radius 3 is 2.00 bits per heavy atom. The first-order valence-electron chi connectivity index (χ1n) is 5.01. The first-order chi connectivity index (χ1) is 7.68. The van der Waals surface area contributed by atoms with Crippen molar-refractivity contribution in [3.63, 3.8) is 0 Å². The molecule has 0 radical (unpaired) electrons. The van der Waals surface area contributed by atoms with Crippen molar-refractivity contribution in [1.29, 1.82) is 0 Å². The van der Waals surface area contributed by atoms with Crippen LogP contribution in [0.3, 0.4) is 0 Å². The van der Waals surface area contributed by atoms with Gasteiger partial charge in [-0.1, -0.05) is 0 Å². The van der Waals surface area contributed by atoms with Crippen molar-refractivity contribution in [1.82, 2.24) is 0 Å². The third-order valence-corrected chi connectivity index (χ3v) is 1.59. The molecule has 0 amide bonds. The summed E-state index contributed by atoms with van der Waals surface area (Å²) in [7, 11) is 0. The van der Waals surface area contributed by atoms with Gasteiger partial charge in [-0.2, -0.15) is 0 Å². The number of aliphatic hydroxyl groups is 1. The van der Waals surface area contributed by atoms with E-state index in [4.69, 9.17) is 30.2 Å². The molecular weight excluding hydrogens is 254 g/mol. The van der Waals surface area contributed by atoms with Crippen molar-refractivity contribution in [3.05, 3.63) is 0 Å². The smallest absolute Gasteiger partial charge is 0.322 e. The number of aliphatic carboxylic acids is 1. The Balaban J connectivity index is 0. The normalized spacial score (nSPS) is 11.9. The van der Waals surface area contributed by atoms with Gasteiger partial charge in [-0.15, -0.1) is 12.4 Å². The van der Waals surface area contributed by atoms with Crippen LogP contribution in [-0.4, -0.2) is 68.5 Å². The van der Waals surface area contributed by atoms with Crippen LogP contribution in [0.4, 0.5) is 0 Å². The molecule has 0 bridgehead atoms. The maximum absolute atomic E-state index is 10.3.